The van der Waals surface area contributed by atoms with Gasteiger partial charge in [0.15, 0.2) is 0 Å². The van der Waals surface area contributed by atoms with Gasteiger partial charge in [0, 0.05) is 23.6 Å². The normalized spacial score (nSPS) is 24.7. The first-order valence-electron chi connectivity index (χ1n) is 9.06. The molecule has 6 heteroatoms. The second-order valence-corrected chi connectivity index (χ2v) is 7.95. The van der Waals surface area contributed by atoms with Gasteiger partial charge in [0.2, 0.25) is 0 Å². The van der Waals surface area contributed by atoms with Gasteiger partial charge in [-0.15, -0.1) is 11.3 Å². The van der Waals surface area contributed by atoms with Crippen LogP contribution in [0.3, 0.4) is 0 Å². The smallest absolute Gasteiger partial charge is 0.295 e. The molecule has 27 heavy (non-hydrogen) atoms. The molecule has 1 aromatic carbocycles. The van der Waals surface area contributed by atoms with Gasteiger partial charge in [-0.25, -0.2) is 0 Å². The van der Waals surface area contributed by atoms with E-state index in [0.29, 0.717) is 18.7 Å². The number of thiophene rings is 1. The van der Waals surface area contributed by atoms with Crippen LogP contribution in [-0.4, -0.2) is 41.0 Å². The number of hydrogen-bond donors (Lipinski definition) is 1. The van der Waals surface area contributed by atoms with Crippen molar-refractivity contribution < 1.29 is 19.4 Å². The zero-order valence-corrected chi connectivity index (χ0v) is 15.9. The van der Waals surface area contributed by atoms with E-state index >= 15 is 0 Å². The number of hydrogen-bond acceptors (Lipinski definition) is 5. The summed E-state index contributed by atoms with van der Waals surface area (Å²) in [4.78, 5) is 28.0. The van der Waals surface area contributed by atoms with Crippen LogP contribution >= 0.6 is 11.3 Å². The molecule has 0 radical (unpaired) electrons. The fraction of sp³-hybridized carbons (Fsp3) is 0.333. The molecule has 1 amide bonds. The van der Waals surface area contributed by atoms with E-state index in [1.165, 1.54) is 11.3 Å². The van der Waals surface area contributed by atoms with Gasteiger partial charge in [0.1, 0.15) is 5.76 Å². The topological polar surface area (TPSA) is 66.8 Å². The molecule has 0 aliphatic carbocycles. The molecule has 2 aliphatic rings. The SMILES string of the molecule is Cc1ccc(C(O)=C2C(=O)C(=O)N(CC3CCCO3)C2c2cccs2)cc1. The molecule has 2 aromatic rings. The Hall–Kier alpha value is -2.44. The first kappa shape index (κ1) is 17.9. The van der Waals surface area contributed by atoms with E-state index in [4.69, 9.17) is 4.74 Å². The van der Waals surface area contributed by atoms with Crippen LogP contribution < -0.4 is 0 Å². The summed E-state index contributed by atoms with van der Waals surface area (Å²) in [5, 5.41) is 12.8. The minimum atomic E-state index is -0.635. The van der Waals surface area contributed by atoms with Crippen molar-refractivity contribution in [2.75, 3.05) is 13.2 Å². The highest BCUT2D eigenvalue weighted by molar-refractivity contribution is 7.10. The fourth-order valence-corrected chi connectivity index (χ4v) is 4.53. The Labute approximate surface area is 161 Å². The summed E-state index contributed by atoms with van der Waals surface area (Å²) in [6.07, 6.45) is 1.77. The second kappa shape index (κ2) is 7.29. The summed E-state index contributed by atoms with van der Waals surface area (Å²) in [6.45, 7) is 3.00. The molecule has 2 fully saturated rings. The van der Waals surface area contributed by atoms with Gasteiger partial charge in [-0.05, 0) is 31.2 Å². The van der Waals surface area contributed by atoms with E-state index in [1.807, 2.05) is 36.6 Å². The van der Waals surface area contributed by atoms with Crippen LogP contribution in [0.25, 0.3) is 5.76 Å². The molecule has 0 bridgehead atoms. The number of aliphatic hydroxyl groups excluding tert-OH is 1. The molecule has 140 valence electrons. The van der Waals surface area contributed by atoms with Crippen LogP contribution in [-0.2, 0) is 14.3 Å². The molecule has 0 spiro atoms. The summed E-state index contributed by atoms with van der Waals surface area (Å²) >= 11 is 1.47. The van der Waals surface area contributed by atoms with E-state index in [1.54, 1.807) is 17.0 Å². The molecule has 5 nitrogen and oxygen atoms in total. The monoisotopic (exact) mass is 383 g/mol. The summed E-state index contributed by atoms with van der Waals surface area (Å²) in [5.74, 6) is -1.33. The summed E-state index contributed by atoms with van der Waals surface area (Å²) in [7, 11) is 0. The first-order valence-corrected chi connectivity index (χ1v) is 9.94. The molecule has 3 heterocycles. The third-order valence-electron chi connectivity index (χ3n) is 5.10. The lowest BCUT2D eigenvalue weighted by Crippen LogP contribution is -2.36. The number of aryl methyl sites for hydroxylation is 1. The number of rotatable bonds is 4. The maximum atomic E-state index is 12.8. The molecule has 2 unspecified atom stereocenters. The van der Waals surface area contributed by atoms with Crippen LogP contribution in [0.5, 0.6) is 0 Å². The van der Waals surface area contributed by atoms with E-state index in [-0.39, 0.29) is 17.4 Å². The zero-order chi connectivity index (χ0) is 19.0. The average molecular weight is 383 g/mol. The number of carbonyl (C=O) groups excluding carboxylic acids is 2. The lowest BCUT2D eigenvalue weighted by molar-refractivity contribution is -0.140. The van der Waals surface area contributed by atoms with Crippen molar-refractivity contribution in [1.82, 2.24) is 4.90 Å². The predicted molar refractivity (Wildman–Crippen MR) is 103 cm³/mol. The molecule has 1 aromatic heterocycles. The van der Waals surface area contributed by atoms with Crippen molar-refractivity contribution in [2.45, 2.75) is 31.9 Å². The van der Waals surface area contributed by atoms with Gasteiger partial charge in [0.05, 0.1) is 17.7 Å². The lowest BCUT2D eigenvalue weighted by atomic mass is 9.99. The third kappa shape index (κ3) is 3.31. The van der Waals surface area contributed by atoms with Crippen LogP contribution in [0, 0.1) is 6.92 Å². The number of ketones is 1. The number of carbonyl (C=O) groups is 2. The van der Waals surface area contributed by atoms with Gasteiger partial charge >= 0.3 is 0 Å². The molecule has 2 aliphatic heterocycles. The van der Waals surface area contributed by atoms with Crippen LogP contribution in [0.4, 0.5) is 0 Å². The summed E-state index contributed by atoms with van der Waals surface area (Å²) in [6, 6.07) is 10.5. The molecule has 1 N–H and O–H groups in total. The Balaban J connectivity index is 1.78. The molecular weight excluding hydrogens is 362 g/mol. The highest BCUT2D eigenvalue weighted by atomic mass is 32.1. The molecule has 0 saturated carbocycles. The number of ether oxygens (including phenoxy) is 1. The second-order valence-electron chi connectivity index (χ2n) is 6.97. The number of benzene rings is 1. The number of likely N-dealkylation sites (tertiary alicyclic amines) is 1. The maximum Gasteiger partial charge on any atom is 0.295 e. The quantitative estimate of drug-likeness (QED) is 0.497. The van der Waals surface area contributed by atoms with Crippen molar-refractivity contribution in [1.29, 1.82) is 0 Å². The largest absolute Gasteiger partial charge is 0.507 e. The van der Waals surface area contributed by atoms with E-state index in [0.717, 1.165) is 23.3 Å². The molecule has 2 atom stereocenters. The Bertz CT molecular complexity index is 879. The van der Waals surface area contributed by atoms with Gasteiger partial charge in [-0.2, -0.15) is 0 Å². The van der Waals surface area contributed by atoms with E-state index in [9.17, 15) is 14.7 Å². The standard InChI is InChI=1S/C21H21NO4S/c1-13-6-8-14(9-7-13)19(23)17-18(16-5-3-11-27-16)22(21(25)20(17)24)12-15-4-2-10-26-15/h3,5-9,11,15,18,23H,2,4,10,12H2,1H3. The van der Waals surface area contributed by atoms with Gasteiger partial charge < -0.3 is 14.7 Å². The number of amides is 1. The summed E-state index contributed by atoms with van der Waals surface area (Å²) < 4.78 is 5.68. The summed E-state index contributed by atoms with van der Waals surface area (Å²) in [5.41, 5.74) is 1.75. The van der Waals surface area contributed by atoms with Crippen molar-refractivity contribution in [2.24, 2.45) is 0 Å². The maximum absolute atomic E-state index is 12.8. The van der Waals surface area contributed by atoms with Crippen LogP contribution in [0.2, 0.25) is 0 Å². The molecular formula is C21H21NO4S. The Kier molecular flexibility index (Phi) is 4.85. The van der Waals surface area contributed by atoms with E-state index < -0.39 is 17.7 Å². The van der Waals surface area contributed by atoms with Gasteiger partial charge in [-0.3, -0.25) is 9.59 Å². The molecule has 4 rings (SSSR count). The minimum Gasteiger partial charge on any atom is -0.507 e. The fourth-order valence-electron chi connectivity index (χ4n) is 3.69. The van der Waals surface area contributed by atoms with Crippen LogP contribution in [0.15, 0.2) is 47.4 Å². The average Bonchev–Trinajstić information content (AvgIpc) is 3.40. The first-order chi connectivity index (χ1) is 13.1. The minimum absolute atomic E-state index is 0.0647. The Morgan fingerprint density at radius 3 is 2.67 bits per heavy atom. The van der Waals surface area contributed by atoms with Crippen molar-refractivity contribution in [3.63, 3.8) is 0 Å². The zero-order valence-electron chi connectivity index (χ0n) is 15.1. The van der Waals surface area contributed by atoms with Crippen LogP contribution in [0.1, 0.15) is 34.9 Å². The van der Waals surface area contributed by atoms with Gasteiger partial charge in [-0.1, -0.05) is 35.9 Å². The lowest BCUT2D eigenvalue weighted by Gasteiger charge is -2.26. The molecule has 2 saturated heterocycles. The number of Topliss-reactive ketones (excluding diaryl/α,β-unsaturated/α-hetero) is 1. The van der Waals surface area contributed by atoms with Crippen molar-refractivity contribution in [3.8, 4) is 0 Å². The highest BCUT2D eigenvalue weighted by Gasteiger charge is 2.47. The number of aliphatic hydroxyl groups is 1. The number of nitrogens with zero attached hydrogens (tertiary/aromatic N) is 1. The van der Waals surface area contributed by atoms with Crippen molar-refractivity contribution >= 4 is 28.8 Å². The van der Waals surface area contributed by atoms with Gasteiger partial charge in [0.25, 0.3) is 11.7 Å². The third-order valence-corrected chi connectivity index (χ3v) is 6.03. The predicted octanol–water partition coefficient (Wildman–Crippen LogP) is 3.66. The highest BCUT2D eigenvalue weighted by Crippen LogP contribution is 2.41. The Morgan fingerprint density at radius 1 is 1.26 bits per heavy atom. The van der Waals surface area contributed by atoms with Crippen molar-refractivity contribution in [3.05, 3.63) is 63.4 Å². The Morgan fingerprint density at radius 2 is 2.04 bits per heavy atom. The van der Waals surface area contributed by atoms with E-state index in [2.05, 4.69) is 0 Å².